The summed E-state index contributed by atoms with van der Waals surface area (Å²) in [5.41, 5.74) is 8.31. The summed E-state index contributed by atoms with van der Waals surface area (Å²) in [4.78, 5) is 25.6. The predicted octanol–water partition coefficient (Wildman–Crippen LogP) is 7.63. The lowest BCUT2D eigenvalue weighted by molar-refractivity contribution is -0.0591. The Morgan fingerprint density at radius 2 is 2.00 bits per heavy atom. The Morgan fingerprint density at radius 1 is 1.12 bits per heavy atom. The number of aromatic nitrogens is 5. The maximum Gasteiger partial charge on any atom is 0.255 e. The van der Waals surface area contributed by atoms with Crippen molar-refractivity contribution in [2.45, 2.75) is 52.5 Å². The molecular formula is C39H37ClFN7O3. The van der Waals surface area contributed by atoms with Gasteiger partial charge in [-0.15, -0.1) is 0 Å². The summed E-state index contributed by atoms with van der Waals surface area (Å²) in [5.74, 6) is 0.793. The first-order chi connectivity index (χ1) is 24.8. The first-order valence-corrected chi connectivity index (χ1v) is 17.5. The number of aromatic amines is 1. The van der Waals surface area contributed by atoms with Crippen LogP contribution in [0, 0.1) is 19.7 Å². The number of imidazole rings is 1. The number of hydrogen-bond acceptors (Lipinski definition) is 7. The molecule has 0 bridgehead atoms. The number of rotatable bonds is 10. The molecule has 6 aromatic rings. The highest BCUT2D eigenvalue weighted by Gasteiger charge is 2.24. The van der Waals surface area contributed by atoms with E-state index in [0.29, 0.717) is 35.1 Å². The highest BCUT2D eigenvalue weighted by Crippen LogP contribution is 2.28. The first kappa shape index (κ1) is 33.1. The van der Waals surface area contributed by atoms with Crippen LogP contribution in [-0.2, 0) is 24.4 Å². The topological polar surface area (TPSA) is 110 Å². The maximum absolute atomic E-state index is 14.2. The molecular weight excluding hydrogens is 669 g/mol. The maximum atomic E-state index is 14.2. The third-order valence-electron chi connectivity index (χ3n) is 9.67. The molecule has 0 aliphatic carbocycles. The molecule has 0 spiro atoms. The highest BCUT2D eigenvalue weighted by molar-refractivity contribution is 6.30. The van der Waals surface area contributed by atoms with Crippen molar-refractivity contribution in [3.63, 3.8) is 0 Å². The molecule has 51 heavy (non-hydrogen) atoms. The van der Waals surface area contributed by atoms with E-state index in [2.05, 4.69) is 31.1 Å². The quantitative estimate of drug-likeness (QED) is 0.151. The Balaban J connectivity index is 0.975. The van der Waals surface area contributed by atoms with Crippen LogP contribution < -0.4 is 10.1 Å². The molecule has 3 aromatic carbocycles. The average Bonchev–Trinajstić information content (AvgIpc) is 3.65. The van der Waals surface area contributed by atoms with Crippen LogP contribution in [0.1, 0.15) is 51.5 Å². The van der Waals surface area contributed by atoms with Gasteiger partial charge in [0.25, 0.3) is 5.91 Å². The molecule has 260 valence electrons. The minimum atomic E-state index is -0.404. The fourth-order valence-electron chi connectivity index (χ4n) is 6.71. The van der Waals surface area contributed by atoms with E-state index < -0.39 is 5.82 Å². The van der Waals surface area contributed by atoms with Gasteiger partial charge in [-0.05, 0) is 86.4 Å². The number of H-pyrrole nitrogens is 1. The van der Waals surface area contributed by atoms with Gasteiger partial charge in [0.2, 0.25) is 5.88 Å². The van der Waals surface area contributed by atoms with Gasteiger partial charge in [0.1, 0.15) is 18.2 Å². The summed E-state index contributed by atoms with van der Waals surface area (Å²) < 4.78 is 28.1. The largest absolute Gasteiger partial charge is 0.473 e. The summed E-state index contributed by atoms with van der Waals surface area (Å²) >= 11 is 5.88. The lowest BCUT2D eigenvalue weighted by atomic mass is 10.0. The second-order valence-corrected chi connectivity index (χ2v) is 13.7. The van der Waals surface area contributed by atoms with Crippen molar-refractivity contribution >= 4 is 50.7 Å². The molecule has 0 saturated carbocycles. The number of benzene rings is 3. The zero-order valence-corrected chi connectivity index (χ0v) is 29.1. The van der Waals surface area contributed by atoms with Gasteiger partial charge < -0.3 is 19.4 Å². The summed E-state index contributed by atoms with van der Waals surface area (Å²) in [5, 5.41) is 11.8. The molecule has 8 rings (SSSR count). The van der Waals surface area contributed by atoms with Crippen molar-refractivity contribution in [3.05, 3.63) is 118 Å². The highest BCUT2D eigenvalue weighted by atomic mass is 35.5. The zero-order valence-electron chi connectivity index (χ0n) is 28.4. The Kier molecular flexibility index (Phi) is 9.01. The van der Waals surface area contributed by atoms with Crippen LogP contribution in [0.3, 0.4) is 0 Å². The molecule has 2 aliphatic heterocycles. The molecule has 12 heteroatoms. The second kappa shape index (κ2) is 13.9. The SMILES string of the molecule is Cc1[nH]nc2c(C)cc(NC(=O)c3ccc4nc(CN5CC=C(c6cccc(OCc7ccc(Cl)cc7F)n6)CC5)n(CC5CCO5)c4c3)cc12. The fourth-order valence-corrected chi connectivity index (χ4v) is 6.87. The van der Waals surface area contributed by atoms with E-state index in [4.69, 9.17) is 31.0 Å². The van der Waals surface area contributed by atoms with E-state index in [0.717, 1.165) is 88.5 Å². The van der Waals surface area contributed by atoms with E-state index in [9.17, 15) is 9.18 Å². The van der Waals surface area contributed by atoms with Crippen molar-refractivity contribution < 1.29 is 18.7 Å². The van der Waals surface area contributed by atoms with E-state index >= 15 is 0 Å². The number of hydrogen-bond donors (Lipinski definition) is 2. The van der Waals surface area contributed by atoms with Crippen LogP contribution in [-0.4, -0.2) is 61.3 Å². The van der Waals surface area contributed by atoms with Gasteiger partial charge in [0, 0.05) is 58.7 Å². The Morgan fingerprint density at radius 3 is 2.78 bits per heavy atom. The van der Waals surface area contributed by atoms with Crippen LogP contribution in [0.5, 0.6) is 5.88 Å². The first-order valence-electron chi connectivity index (χ1n) is 17.1. The van der Waals surface area contributed by atoms with Crippen LogP contribution in [0.15, 0.2) is 72.8 Å². The standard InChI is InChI=1S/C39H37ClFN7O3/c1-23-16-29(19-31-24(2)45-46-38(23)31)42-39(49)26-7-9-34-35(17-26)48(20-30-12-15-50-30)36(43-34)21-47-13-10-25(11-14-47)33-4-3-5-37(44-33)51-22-27-6-8-28(40)18-32(27)41/h3-10,16-19,30H,11-15,20-22H2,1-2H3,(H,42,49)(H,45,46). The summed E-state index contributed by atoms with van der Waals surface area (Å²) in [6.07, 6.45) is 4.12. The van der Waals surface area contributed by atoms with E-state index in [1.807, 2.05) is 56.3 Å². The molecule has 0 radical (unpaired) electrons. The van der Waals surface area contributed by atoms with Crippen molar-refractivity contribution in [1.29, 1.82) is 0 Å². The fraction of sp³-hybridized carbons (Fsp3) is 0.282. The Labute approximate surface area is 299 Å². The van der Waals surface area contributed by atoms with Crippen LogP contribution >= 0.6 is 11.6 Å². The number of carbonyl (C=O) groups excluding carboxylic acids is 1. The minimum Gasteiger partial charge on any atom is -0.473 e. The lowest BCUT2D eigenvalue weighted by Crippen LogP contribution is -2.33. The molecule has 1 saturated heterocycles. The number of fused-ring (bicyclic) bond motifs is 2. The zero-order chi connectivity index (χ0) is 35.1. The Hall–Kier alpha value is -5.10. The van der Waals surface area contributed by atoms with Gasteiger partial charge in [-0.1, -0.05) is 29.8 Å². The number of ether oxygens (including phenoxy) is 2. The normalized spacial score (nSPS) is 16.3. The van der Waals surface area contributed by atoms with Crippen LogP contribution in [0.2, 0.25) is 5.02 Å². The van der Waals surface area contributed by atoms with E-state index in [-0.39, 0.29) is 18.6 Å². The van der Waals surface area contributed by atoms with Gasteiger partial charge >= 0.3 is 0 Å². The minimum absolute atomic E-state index is 0.0625. The molecule has 3 aromatic heterocycles. The predicted molar refractivity (Wildman–Crippen MR) is 195 cm³/mol. The number of pyridine rings is 1. The van der Waals surface area contributed by atoms with E-state index in [1.165, 1.54) is 6.07 Å². The second-order valence-electron chi connectivity index (χ2n) is 13.2. The molecule has 10 nitrogen and oxygen atoms in total. The number of aryl methyl sites for hydroxylation is 2. The van der Waals surface area contributed by atoms with Crippen molar-refractivity contribution in [1.82, 2.24) is 29.6 Å². The van der Waals surface area contributed by atoms with Gasteiger partial charge in [-0.25, -0.2) is 14.4 Å². The molecule has 1 atom stereocenters. The summed E-state index contributed by atoms with van der Waals surface area (Å²) in [6.45, 7) is 7.67. The molecule has 1 fully saturated rings. The van der Waals surface area contributed by atoms with Gasteiger partial charge in [0.05, 0.1) is 41.4 Å². The molecule has 5 heterocycles. The number of halogens is 2. The van der Waals surface area contributed by atoms with Gasteiger partial charge in [0.15, 0.2) is 0 Å². The Bertz CT molecular complexity index is 2310. The van der Waals surface area contributed by atoms with Crippen molar-refractivity contribution in [2.75, 3.05) is 25.0 Å². The third-order valence-corrected chi connectivity index (χ3v) is 9.90. The number of carbonyl (C=O) groups is 1. The molecule has 2 N–H and O–H groups in total. The van der Waals surface area contributed by atoms with Crippen molar-refractivity contribution in [2.24, 2.45) is 0 Å². The number of nitrogens with zero attached hydrogens (tertiary/aromatic N) is 5. The number of nitrogens with one attached hydrogen (secondary N) is 2. The van der Waals surface area contributed by atoms with E-state index in [1.54, 1.807) is 18.2 Å². The summed E-state index contributed by atoms with van der Waals surface area (Å²) in [7, 11) is 0. The monoisotopic (exact) mass is 705 g/mol. The molecule has 2 aliphatic rings. The smallest absolute Gasteiger partial charge is 0.255 e. The van der Waals surface area contributed by atoms with Gasteiger partial charge in [-0.2, -0.15) is 5.10 Å². The number of anilines is 1. The lowest BCUT2D eigenvalue weighted by Gasteiger charge is -2.29. The summed E-state index contributed by atoms with van der Waals surface area (Å²) in [6, 6.07) is 19.8. The molecule has 1 amide bonds. The van der Waals surface area contributed by atoms with Crippen molar-refractivity contribution in [3.8, 4) is 5.88 Å². The van der Waals surface area contributed by atoms with Crippen LogP contribution in [0.4, 0.5) is 10.1 Å². The number of amides is 1. The third kappa shape index (κ3) is 6.97. The van der Waals surface area contributed by atoms with Crippen LogP contribution in [0.25, 0.3) is 27.5 Å². The average molecular weight is 706 g/mol. The molecule has 1 unspecified atom stereocenters. The van der Waals surface area contributed by atoms with Gasteiger partial charge in [-0.3, -0.25) is 14.8 Å².